The first kappa shape index (κ1) is 12.8. The minimum absolute atomic E-state index is 0.0854. The maximum Gasteiger partial charge on any atom is 0.227 e. The molecule has 0 saturated carbocycles. The van der Waals surface area contributed by atoms with Gasteiger partial charge in [0.15, 0.2) is 5.82 Å². The number of carboxylic acids is 1. The Labute approximate surface area is 106 Å². The van der Waals surface area contributed by atoms with Crippen molar-refractivity contribution >= 4 is 11.9 Å². The highest BCUT2D eigenvalue weighted by Crippen LogP contribution is 2.13. The maximum atomic E-state index is 10.9. The number of likely N-dealkylation sites (N-methyl/N-ethyl adjacent to an activating group) is 1. The van der Waals surface area contributed by atoms with Crippen molar-refractivity contribution < 1.29 is 14.8 Å². The summed E-state index contributed by atoms with van der Waals surface area (Å²) in [5.41, 5.74) is 0. The van der Waals surface area contributed by atoms with E-state index in [1.54, 1.807) is 9.47 Å². The number of hydrogen-bond donors (Lipinski definition) is 1. The molecule has 1 N–H and O–H groups in total. The molecule has 0 spiro atoms. The molecule has 0 aliphatic carbocycles. The summed E-state index contributed by atoms with van der Waals surface area (Å²) >= 11 is 0. The van der Waals surface area contributed by atoms with Crippen molar-refractivity contribution in [2.24, 2.45) is 0 Å². The Morgan fingerprint density at radius 2 is 2.00 bits per heavy atom. The lowest BCUT2D eigenvalue weighted by Gasteiger charge is -2.32. The first-order valence-corrected chi connectivity index (χ1v) is 6.40. The summed E-state index contributed by atoms with van der Waals surface area (Å²) in [6.07, 6.45) is 0. The summed E-state index contributed by atoms with van der Waals surface area (Å²) < 4.78 is 1.60. The summed E-state index contributed by atoms with van der Waals surface area (Å²) in [5.74, 6) is -0.710. The van der Waals surface area contributed by atoms with Crippen LogP contribution >= 0.6 is 0 Å². The Balaban J connectivity index is 2.16. The van der Waals surface area contributed by atoms with Gasteiger partial charge in [-0.15, -0.1) is 10.2 Å². The molecule has 7 nitrogen and oxygen atoms in total. The van der Waals surface area contributed by atoms with Gasteiger partial charge in [-0.1, -0.05) is 0 Å². The van der Waals surface area contributed by atoms with Crippen LogP contribution in [0.3, 0.4) is 0 Å². The molecule has 0 atom stereocenters. The monoisotopic (exact) mass is 253 g/mol. The molecule has 2 rings (SSSR count). The average molecular weight is 253 g/mol. The van der Waals surface area contributed by atoms with E-state index in [1.165, 1.54) is 0 Å². The fraction of sp³-hybridized carbons (Fsp3) is 0.727. The van der Waals surface area contributed by atoms with Crippen molar-refractivity contribution in [2.75, 3.05) is 37.6 Å². The van der Waals surface area contributed by atoms with Gasteiger partial charge in [-0.2, -0.15) is 0 Å². The van der Waals surface area contributed by atoms with Gasteiger partial charge >= 0.3 is 0 Å². The second-order valence-corrected chi connectivity index (χ2v) is 4.45. The van der Waals surface area contributed by atoms with E-state index in [2.05, 4.69) is 22.0 Å². The average Bonchev–Trinajstić information content (AvgIpc) is 2.82. The lowest BCUT2D eigenvalue weighted by atomic mass is 10.3. The number of anilines is 1. The Morgan fingerprint density at radius 1 is 1.33 bits per heavy atom. The van der Waals surface area contributed by atoms with Crippen LogP contribution < -0.4 is 14.9 Å². The van der Waals surface area contributed by atoms with Crippen LogP contribution in [0, 0.1) is 0 Å². The molecule has 0 bridgehead atoms. The van der Waals surface area contributed by atoms with Crippen LogP contribution in [-0.4, -0.2) is 53.5 Å². The molecule has 2 heterocycles. The number of quaternary nitrogens is 1. The van der Waals surface area contributed by atoms with Gasteiger partial charge < -0.3 is 19.7 Å². The highest BCUT2D eigenvalue weighted by Gasteiger charge is 2.23. The Morgan fingerprint density at radius 3 is 2.50 bits per heavy atom. The van der Waals surface area contributed by atoms with E-state index in [9.17, 15) is 9.90 Å². The number of nitrogens with one attached hydrogen (secondary N) is 1. The third kappa shape index (κ3) is 2.31. The molecule has 0 radical (unpaired) electrons. The van der Waals surface area contributed by atoms with Gasteiger partial charge in [0.1, 0.15) is 5.97 Å². The Hall–Kier alpha value is -1.63. The maximum absolute atomic E-state index is 10.9. The van der Waals surface area contributed by atoms with Crippen molar-refractivity contribution in [2.45, 2.75) is 20.4 Å². The van der Waals surface area contributed by atoms with Crippen molar-refractivity contribution in [3.05, 3.63) is 5.82 Å². The molecule has 0 aromatic carbocycles. The third-order valence-electron chi connectivity index (χ3n) is 3.48. The number of aromatic nitrogens is 3. The van der Waals surface area contributed by atoms with Gasteiger partial charge in [0, 0.05) is 6.54 Å². The number of aromatic carboxylic acids is 1. The van der Waals surface area contributed by atoms with Gasteiger partial charge in [-0.25, -0.2) is 0 Å². The topological polar surface area (TPSA) is 78.5 Å². The number of carbonyl (C=O) groups excluding carboxylic acids is 1. The van der Waals surface area contributed by atoms with E-state index in [4.69, 9.17) is 0 Å². The zero-order chi connectivity index (χ0) is 13.1. The molecular weight excluding hydrogens is 234 g/mol. The number of carbonyl (C=O) groups is 1. The molecule has 0 unspecified atom stereocenters. The molecule has 100 valence electrons. The van der Waals surface area contributed by atoms with E-state index in [0.29, 0.717) is 12.5 Å². The van der Waals surface area contributed by atoms with Crippen LogP contribution in [0.25, 0.3) is 0 Å². The highest BCUT2D eigenvalue weighted by atomic mass is 16.4. The van der Waals surface area contributed by atoms with Crippen molar-refractivity contribution in [1.29, 1.82) is 0 Å². The number of rotatable bonds is 4. The molecule has 0 amide bonds. The smallest absolute Gasteiger partial charge is 0.227 e. The normalized spacial score (nSPS) is 17.1. The molecule has 1 fully saturated rings. The van der Waals surface area contributed by atoms with E-state index in [1.807, 2.05) is 6.92 Å². The molecule has 1 aliphatic heterocycles. The molecule has 1 aromatic heterocycles. The summed E-state index contributed by atoms with van der Waals surface area (Å²) in [6.45, 7) is 9.58. The van der Waals surface area contributed by atoms with E-state index >= 15 is 0 Å². The Kier molecular flexibility index (Phi) is 3.81. The van der Waals surface area contributed by atoms with Gasteiger partial charge in [0.25, 0.3) is 0 Å². The molecule has 1 saturated heterocycles. The molecule has 7 heteroatoms. The molecular formula is C11H19N5O2. The first-order chi connectivity index (χ1) is 8.67. The van der Waals surface area contributed by atoms with E-state index in [0.717, 1.165) is 32.7 Å². The van der Waals surface area contributed by atoms with Crippen LogP contribution in [0.15, 0.2) is 0 Å². The summed E-state index contributed by atoms with van der Waals surface area (Å²) in [4.78, 5) is 14.6. The van der Waals surface area contributed by atoms with Gasteiger partial charge in [0.2, 0.25) is 5.95 Å². The standard InChI is InChI=1S/C11H19N5O2/c1-3-14-5-7-15(8-6-14)11-13-12-9(10(17)18)16(11)4-2/h3-8H2,1-2H3,(H,17,18). The fourth-order valence-corrected chi connectivity index (χ4v) is 2.35. The number of piperazine rings is 1. The van der Waals surface area contributed by atoms with Gasteiger partial charge in [-0.3, -0.25) is 4.57 Å². The highest BCUT2D eigenvalue weighted by molar-refractivity contribution is 5.81. The van der Waals surface area contributed by atoms with E-state index in [-0.39, 0.29) is 5.82 Å². The Bertz CT molecular complexity index is 423. The van der Waals surface area contributed by atoms with Crippen LogP contribution in [0.2, 0.25) is 0 Å². The summed E-state index contributed by atoms with van der Waals surface area (Å²) in [6, 6.07) is 0. The van der Waals surface area contributed by atoms with Crippen LogP contribution in [-0.2, 0) is 6.54 Å². The second-order valence-electron chi connectivity index (χ2n) is 4.45. The number of nitrogens with zero attached hydrogens (tertiary/aromatic N) is 4. The predicted molar refractivity (Wildman–Crippen MR) is 63.5 cm³/mol. The van der Waals surface area contributed by atoms with Crippen molar-refractivity contribution in [3.8, 4) is 0 Å². The lowest BCUT2D eigenvalue weighted by molar-refractivity contribution is -0.898. The SMILES string of the molecule is CCn1c(C(=O)[O-])nnc1N1CC[NH+](CC)CC1. The predicted octanol–water partition coefficient (Wildman–Crippen LogP) is -2.61. The second kappa shape index (κ2) is 5.34. The van der Waals surface area contributed by atoms with E-state index < -0.39 is 5.97 Å². The summed E-state index contributed by atoms with van der Waals surface area (Å²) in [5, 5.41) is 18.6. The summed E-state index contributed by atoms with van der Waals surface area (Å²) in [7, 11) is 0. The van der Waals surface area contributed by atoms with Crippen LogP contribution in [0.1, 0.15) is 24.5 Å². The molecule has 1 aromatic rings. The minimum atomic E-state index is -1.27. The quantitative estimate of drug-likeness (QED) is 0.636. The van der Waals surface area contributed by atoms with Crippen LogP contribution in [0.5, 0.6) is 0 Å². The first-order valence-electron chi connectivity index (χ1n) is 6.40. The van der Waals surface area contributed by atoms with Crippen molar-refractivity contribution in [1.82, 2.24) is 14.8 Å². The fourth-order valence-electron chi connectivity index (χ4n) is 2.35. The molecule has 1 aliphatic rings. The van der Waals surface area contributed by atoms with Crippen LogP contribution in [0.4, 0.5) is 5.95 Å². The minimum Gasteiger partial charge on any atom is -0.541 e. The number of hydrogen-bond acceptors (Lipinski definition) is 5. The van der Waals surface area contributed by atoms with Gasteiger partial charge in [-0.05, 0) is 13.8 Å². The van der Waals surface area contributed by atoms with Gasteiger partial charge in [0.05, 0.1) is 32.7 Å². The zero-order valence-electron chi connectivity index (χ0n) is 10.8. The largest absolute Gasteiger partial charge is 0.541 e. The number of carboxylic acid groups (broad SMARTS) is 1. The van der Waals surface area contributed by atoms with Crippen molar-refractivity contribution in [3.63, 3.8) is 0 Å². The molecule has 18 heavy (non-hydrogen) atoms. The zero-order valence-corrected chi connectivity index (χ0v) is 10.8. The lowest BCUT2D eigenvalue weighted by Crippen LogP contribution is -3.14. The third-order valence-corrected chi connectivity index (χ3v) is 3.48.